The van der Waals surface area contributed by atoms with Gasteiger partial charge in [-0.15, -0.1) is 0 Å². The molecule has 92 valence electrons. The van der Waals surface area contributed by atoms with Crippen LogP contribution in [0.5, 0.6) is 0 Å². The first-order chi connectivity index (χ1) is 8.11. The van der Waals surface area contributed by atoms with E-state index in [2.05, 4.69) is 9.97 Å². The van der Waals surface area contributed by atoms with E-state index < -0.39 is 18.1 Å². The molecule has 1 aliphatic rings. The number of carbonyl (C=O) groups is 1. The topological polar surface area (TPSA) is 86.5 Å². The van der Waals surface area contributed by atoms with Gasteiger partial charge in [-0.1, -0.05) is 6.92 Å². The van der Waals surface area contributed by atoms with Crippen molar-refractivity contribution in [2.24, 2.45) is 0 Å². The molecular formula is C11H15N3O3. The molecule has 2 N–H and O–H groups in total. The molecule has 2 rings (SSSR count). The largest absolute Gasteiger partial charge is 0.480 e. The molecule has 2 atom stereocenters. The second-order valence-electron chi connectivity index (χ2n) is 4.12. The molecule has 1 aromatic rings. The summed E-state index contributed by atoms with van der Waals surface area (Å²) in [5, 5.41) is 18.7. The van der Waals surface area contributed by atoms with Crippen LogP contribution in [-0.2, 0) is 11.2 Å². The summed E-state index contributed by atoms with van der Waals surface area (Å²) in [6.45, 7) is 2.27. The Morgan fingerprint density at radius 2 is 2.35 bits per heavy atom. The molecule has 0 saturated carbocycles. The van der Waals surface area contributed by atoms with E-state index in [1.165, 1.54) is 6.33 Å². The summed E-state index contributed by atoms with van der Waals surface area (Å²) in [6.07, 6.45) is 1.82. The molecule has 1 aromatic heterocycles. The molecule has 6 heteroatoms. The van der Waals surface area contributed by atoms with Crippen molar-refractivity contribution in [3.63, 3.8) is 0 Å². The maximum atomic E-state index is 11.1. The van der Waals surface area contributed by atoms with E-state index in [1.807, 2.05) is 6.92 Å². The Morgan fingerprint density at radius 3 is 3.00 bits per heavy atom. The van der Waals surface area contributed by atoms with E-state index in [9.17, 15) is 9.90 Å². The molecule has 0 spiro atoms. The fraction of sp³-hybridized carbons (Fsp3) is 0.545. The fourth-order valence-electron chi connectivity index (χ4n) is 2.04. The Morgan fingerprint density at radius 1 is 1.59 bits per heavy atom. The minimum absolute atomic E-state index is 0.237. The molecule has 6 nitrogen and oxygen atoms in total. The van der Waals surface area contributed by atoms with Gasteiger partial charge in [-0.3, -0.25) is 0 Å². The minimum atomic E-state index is -0.932. The monoisotopic (exact) mass is 237 g/mol. The standard InChI is InChI=1S/C11H15N3O3/c1-2-7-3-10(13-6-12-7)14-5-8(15)4-9(14)11(16)17/h3,6,8-9,15H,2,4-5H2,1H3,(H,16,17). The molecule has 1 fully saturated rings. The van der Waals surface area contributed by atoms with Crippen molar-refractivity contribution in [2.45, 2.75) is 31.9 Å². The van der Waals surface area contributed by atoms with Crippen LogP contribution < -0.4 is 4.90 Å². The van der Waals surface area contributed by atoms with Crippen molar-refractivity contribution in [3.8, 4) is 0 Å². The highest BCUT2D eigenvalue weighted by molar-refractivity contribution is 5.78. The van der Waals surface area contributed by atoms with Gasteiger partial charge in [0.15, 0.2) is 0 Å². The van der Waals surface area contributed by atoms with Crippen LogP contribution in [0.1, 0.15) is 19.0 Å². The zero-order chi connectivity index (χ0) is 12.4. The second-order valence-corrected chi connectivity index (χ2v) is 4.12. The molecule has 0 aliphatic carbocycles. The number of aryl methyl sites for hydroxylation is 1. The quantitative estimate of drug-likeness (QED) is 0.773. The van der Waals surface area contributed by atoms with Gasteiger partial charge >= 0.3 is 5.97 Å². The van der Waals surface area contributed by atoms with Gasteiger partial charge in [-0.25, -0.2) is 14.8 Å². The first-order valence-electron chi connectivity index (χ1n) is 5.60. The molecule has 0 amide bonds. The minimum Gasteiger partial charge on any atom is -0.480 e. The van der Waals surface area contributed by atoms with Crippen molar-refractivity contribution >= 4 is 11.8 Å². The SMILES string of the molecule is CCc1cc(N2CC(O)CC2C(=O)O)ncn1. The number of aromatic nitrogens is 2. The van der Waals surface area contributed by atoms with Gasteiger partial charge in [-0.05, 0) is 6.42 Å². The molecule has 1 saturated heterocycles. The summed E-state index contributed by atoms with van der Waals surface area (Å²) >= 11 is 0. The first kappa shape index (κ1) is 11.8. The molecule has 2 heterocycles. The van der Waals surface area contributed by atoms with E-state index >= 15 is 0 Å². The van der Waals surface area contributed by atoms with E-state index in [4.69, 9.17) is 5.11 Å². The van der Waals surface area contributed by atoms with Gasteiger partial charge in [0, 0.05) is 24.7 Å². The highest BCUT2D eigenvalue weighted by Crippen LogP contribution is 2.24. The van der Waals surface area contributed by atoms with Crippen molar-refractivity contribution in [3.05, 3.63) is 18.1 Å². The van der Waals surface area contributed by atoms with E-state index in [1.54, 1.807) is 11.0 Å². The summed E-state index contributed by atoms with van der Waals surface area (Å²) in [6, 6.07) is 1.07. The number of hydrogen-bond acceptors (Lipinski definition) is 5. The molecular weight excluding hydrogens is 222 g/mol. The van der Waals surface area contributed by atoms with Crippen LogP contribution in [0.3, 0.4) is 0 Å². The summed E-state index contributed by atoms with van der Waals surface area (Å²) in [5.74, 6) is -0.362. The third kappa shape index (κ3) is 2.36. The Labute approximate surface area is 98.9 Å². The lowest BCUT2D eigenvalue weighted by molar-refractivity contribution is -0.138. The normalized spacial score (nSPS) is 24.0. The fourth-order valence-corrected chi connectivity index (χ4v) is 2.04. The van der Waals surface area contributed by atoms with Crippen molar-refractivity contribution in [2.75, 3.05) is 11.4 Å². The molecule has 2 unspecified atom stereocenters. The number of anilines is 1. The average Bonchev–Trinajstić information content (AvgIpc) is 2.72. The highest BCUT2D eigenvalue weighted by atomic mass is 16.4. The Kier molecular flexibility index (Phi) is 3.23. The zero-order valence-electron chi connectivity index (χ0n) is 9.58. The van der Waals surface area contributed by atoms with Gasteiger partial charge < -0.3 is 15.1 Å². The molecule has 1 aliphatic heterocycles. The predicted octanol–water partition coefficient (Wildman–Crippen LogP) is 0.0632. The van der Waals surface area contributed by atoms with Crippen LogP contribution in [0.15, 0.2) is 12.4 Å². The number of rotatable bonds is 3. The molecule has 0 aromatic carbocycles. The zero-order valence-corrected chi connectivity index (χ0v) is 9.58. The molecule has 0 bridgehead atoms. The lowest BCUT2D eigenvalue weighted by Gasteiger charge is -2.22. The summed E-state index contributed by atoms with van der Waals surface area (Å²) in [7, 11) is 0. The van der Waals surface area contributed by atoms with Crippen LogP contribution >= 0.6 is 0 Å². The first-order valence-corrected chi connectivity index (χ1v) is 5.60. The van der Waals surface area contributed by atoms with Crippen LogP contribution in [0.25, 0.3) is 0 Å². The number of nitrogens with zero attached hydrogens (tertiary/aromatic N) is 3. The lowest BCUT2D eigenvalue weighted by atomic mass is 10.2. The second kappa shape index (κ2) is 4.67. The third-order valence-electron chi connectivity index (χ3n) is 2.93. The summed E-state index contributed by atoms with van der Waals surface area (Å²) < 4.78 is 0. The van der Waals surface area contributed by atoms with Crippen LogP contribution in [0.4, 0.5) is 5.82 Å². The maximum absolute atomic E-state index is 11.1. The Hall–Kier alpha value is -1.69. The van der Waals surface area contributed by atoms with Crippen molar-refractivity contribution in [1.29, 1.82) is 0 Å². The van der Waals surface area contributed by atoms with Gasteiger partial charge in [0.1, 0.15) is 18.2 Å². The molecule has 0 radical (unpaired) electrons. The Bertz CT molecular complexity index is 424. The number of aliphatic hydroxyl groups excluding tert-OH is 1. The number of carboxylic acids is 1. The van der Waals surface area contributed by atoms with Gasteiger partial charge in [0.05, 0.1) is 6.10 Å². The van der Waals surface area contributed by atoms with E-state index in [0.29, 0.717) is 12.4 Å². The van der Waals surface area contributed by atoms with E-state index in [-0.39, 0.29) is 6.42 Å². The number of aliphatic hydroxyl groups is 1. The number of carboxylic acid groups (broad SMARTS) is 1. The Balaban J connectivity index is 2.28. The summed E-state index contributed by atoms with van der Waals surface area (Å²) in [5.41, 5.74) is 0.862. The van der Waals surface area contributed by atoms with Gasteiger partial charge in [0.25, 0.3) is 0 Å². The molecule has 17 heavy (non-hydrogen) atoms. The van der Waals surface area contributed by atoms with Crippen LogP contribution in [0, 0.1) is 0 Å². The third-order valence-corrected chi connectivity index (χ3v) is 2.93. The van der Waals surface area contributed by atoms with Gasteiger partial charge in [0.2, 0.25) is 0 Å². The maximum Gasteiger partial charge on any atom is 0.326 e. The smallest absolute Gasteiger partial charge is 0.326 e. The van der Waals surface area contributed by atoms with Crippen molar-refractivity contribution < 1.29 is 15.0 Å². The number of hydrogen-bond donors (Lipinski definition) is 2. The van der Waals surface area contributed by atoms with Crippen molar-refractivity contribution in [1.82, 2.24) is 9.97 Å². The van der Waals surface area contributed by atoms with Gasteiger partial charge in [-0.2, -0.15) is 0 Å². The van der Waals surface area contributed by atoms with Crippen LogP contribution in [0.2, 0.25) is 0 Å². The lowest BCUT2D eigenvalue weighted by Crippen LogP contribution is -2.36. The highest BCUT2D eigenvalue weighted by Gasteiger charge is 2.36. The average molecular weight is 237 g/mol. The number of β-amino-alcohol motifs (C(OH)–C–C–N with tert-alkyl or cyclic N) is 1. The number of aliphatic carboxylic acids is 1. The predicted molar refractivity (Wildman–Crippen MR) is 60.8 cm³/mol. The van der Waals surface area contributed by atoms with E-state index in [0.717, 1.165) is 12.1 Å². The van der Waals surface area contributed by atoms with Crippen LogP contribution in [-0.4, -0.2) is 44.8 Å². The summed E-state index contributed by atoms with van der Waals surface area (Å²) in [4.78, 5) is 20.9.